The second kappa shape index (κ2) is 4.44. The predicted octanol–water partition coefficient (Wildman–Crippen LogP) is 3.16. The lowest BCUT2D eigenvalue weighted by Crippen LogP contribution is -1.95. The Kier molecular flexibility index (Phi) is 3.01. The molecular formula is C10H7BrFNO2. The van der Waals surface area contributed by atoms with Crippen molar-refractivity contribution in [3.63, 3.8) is 0 Å². The predicted molar refractivity (Wildman–Crippen MR) is 54.9 cm³/mol. The first-order chi connectivity index (χ1) is 7.25. The molecule has 2 aromatic rings. The van der Waals surface area contributed by atoms with Gasteiger partial charge in [0.25, 0.3) is 4.80 Å². The van der Waals surface area contributed by atoms with Gasteiger partial charge in [-0.3, -0.25) is 0 Å². The molecule has 0 saturated carbocycles. The van der Waals surface area contributed by atoms with E-state index in [1.54, 1.807) is 18.2 Å². The fraction of sp³-hybridized carbons (Fsp3) is 0.100. The van der Waals surface area contributed by atoms with Gasteiger partial charge in [-0.25, -0.2) is 9.37 Å². The third-order valence-electron chi connectivity index (χ3n) is 1.73. The molecule has 0 amide bonds. The second-order valence-corrected chi connectivity index (χ2v) is 3.48. The maximum Gasteiger partial charge on any atom is 0.264 e. The highest BCUT2D eigenvalue weighted by Gasteiger charge is 2.04. The van der Waals surface area contributed by atoms with Crippen LogP contribution in [0.3, 0.4) is 0 Å². The van der Waals surface area contributed by atoms with E-state index in [2.05, 4.69) is 20.9 Å². The zero-order valence-electron chi connectivity index (χ0n) is 7.61. The number of benzene rings is 1. The first kappa shape index (κ1) is 10.2. The Morgan fingerprint density at radius 3 is 2.87 bits per heavy atom. The van der Waals surface area contributed by atoms with E-state index in [-0.39, 0.29) is 12.4 Å². The smallest absolute Gasteiger partial charge is 0.264 e. The van der Waals surface area contributed by atoms with Crippen molar-refractivity contribution in [1.82, 2.24) is 4.98 Å². The molecule has 78 valence electrons. The van der Waals surface area contributed by atoms with Crippen molar-refractivity contribution in [3.05, 3.63) is 46.8 Å². The van der Waals surface area contributed by atoms with Crippen LogP contribution in [0.1, 0.15) is 5.76 Å². The van der Waals surface area contributed by atoms with Crippen LogP contribution >= 0.6 is 15.9 Å². The number of rotatable bonds is 3. The molecular weight excluding hydrogens is 265 g/mol. The summed E-state index contributed by atoms with van der Waals surface area (Å²) in [6, 6.07) is 6.20. The second-order valence-electron chi connectivity index (χ2n) is 2.80. The third kappa shape index (κ3) is 2.56. The highest BCUT2D eigenvalue weighted by atomic mass is 79.9. The van der Waals surface area contributed by atoms with Crippen LogP contribution in [0.5, 0.6) is 5.75 Å². The molecule has 0 aliphatic rings. The molecule has 0 aliphatic heterocycles. The molecule has 2 rings (SSSR count). The summed E-state index contributed by atoms with van der Waals surface area (Å²) in [5.74, 6) is 0.339. The van der Waals surface area contributed by atoms with Crippen molar-refractivity contribution < 1.29 is 13.5 Å². The largest absolute Gasteiger partial charge is 0.483 e. The van der Waals surface area contributed by atoms with Crippen LogP contribution in [0.4, 0.5) is 4.39 Å². The average Bonchev–Trinajstić information content (AvgIpc) is 2.63. The molecule has 15 heavy (non-hydrogen) atoms. The molecule has 0 N–H and O–H groups in total. The van der Waals surface area contributed by atoms with E-state index in [0.717, 1.165) is 0 Å². The van der Waals surface area contributed by atoms with Gasteiger partial charge in [0.05, 0.1) is 6.20 Å². The number of aromatic nitrogens is 1. The van der Waals surface area contributed by atoms with Gasteiger partial charge in [-0.05, 0) is 12.1 Å². The van der Waals surface area contributed by atoms with Crippen LogP contribution in [0.25, 0.3) is 0 Å². The normalized spacial score (nSPS) is 10.3. The number of para-hydroxylation sites is 1. The highest BCUT2D eigenvalue weighted by Crippen LogP contribution is 2.18. The van der Waals surface area contributed by atoms with Gasteiger partial charge in [-0.15, -0.1) is 0 Å². The maximum atomic E-state index is 13.1. The Hall–Kier alpha value is -1.36. The van der Waals surface area contributed by atoms with Crippen molar-refractivity contribution in [2.75, 3.05) is 0 Å². The molecule has 3 nitrogen and oxygen atoms in total. The van der Waals surface area contributed by atoms with E-state index >= 15 is 0 Å². The van der Waals surface area contributed by atoms with Crippen molar-refractivity contribution in [3.8, 4) is 5.75 Å². The fourth-order valence-corrected chi connectivity index (χ4v) is 1.37. The van der Waals surface area contributed by atoms with Crippen LogP contribution in [-0.2, 0) is 6.61 Å². The molecule has 5 heteroatoms. The van der Waals surface area contributed by atoms with Gasteiger partial charge in [0.2, 0.25) is 0 Å². The summed E-state index contributed by atoms with van der Waals surface area (Å²) >= 11 is 3.07. The van der Waals surface area contributed by atoms with Gasteiger partial charge in [0.15, 0.2) is 17.3 Å². The zero-order valence-corrected chi connectivity index (χ0v) is 9.20. The van der Waals surface area contributed by atoms with E-state index in [9.17, 15) is 4.39 Å². The van der Waals surface area contributed by atoms with Crippen LogP contribution in [0, 0.1) is 5.82 Å². The molecule has 0 fully saturated rings. The van der Waals surface area contributed by atoms with Gasteiger partial charge in [0, 0.05) is 15.9 Å². The molecule has 0 aliphatic carbocycles. The van der Waals surface area contributed by atoms with Crippen molar-refractivity contribution >= 4 is 15.9 Å². The van der Waals surface area contributed by atoms with Gasteiger partial charge in [0.1, 0.15) is 6.61 Å². The monoisotopic (exact) mass is 271 g/mol. The van der Waals surface area contributed by atoms with Crippen molar-refractivity contribution in [2.24, 2.45) is 0 Å². The molecule has 1 heterocycles. The average molecular weight is 272 g/mol. The molecule has 1 aromatic heterocycles. The van der Waals surface area contributed by atoms with Gasteiger partial charge >= 0.3 is 0 Å². The number of hydrogen-bond donors (Lipinski definition) is 0. The number of oxazole rings is 1. The molecule has 0 radical (unpaired) electrons. The number of nitrogens with zero attached hydrogens (tertiary/aromatic N) is 1. The first-order valence-electron chi connectivity index (χ1n) is 4.23. The fourth-order valence-electron chi connectivity index (χ4n) is 1.06. The Bertz CT molecular complexity index is 458. The Labute approximate surface area is 94.0 Å². The van der Waals surface area contributed by atoms with E-state index in [4.69, 9.17) is 9.15 Å². The topological polar surface area (TPSA) is 35.3 Å². The lowest BCUT2D eigenvalue weighted by Gasteiger charge is -2.03. The standard InChI is InChI=1S/C10H7BrFNO2/c11-10-13-5-7(15-10)6-14-9-4-2-1-3-8(9)12/h1-5H,6H2. The van der Waals surface area contributed by atoms with E-state index in [1.165, 1.54) is 12.3 Å². The van der Waals surface area contributed by atoms with Crippen LogP contribution < -0.4 is 4.74 Å². The molecule has 0 spiro atoms. The highest BCUT2D eigenvalue weighted by molar-refractivity contribution is 9.10. The number of hydrogen-bond acceptors (Lipinski definition) is 3. The first-order valence-corrected chi connectivity index (χ1v) is 5.02. The molecule has 0 bridgehead atoms. The summed E-state index contributed by atoms with van der Waals surface area (Å²) in [4.78, 5) is 4.21. The van der Waals surface area contributed by atoms with E-state index in [0.29, 0.717) is 10.6 Å². The SMILES string of the molecule is Fc1ccccc1OCc1cnc(Br)o1. The molecule has 0 atom stereocenters. The van der Waals surface area contributed by atoms with Gasteiger partial charge in [-0.1, -0.05) is 12.1 Å². The van der Waals surface area contributed by atoms with E-state index < -0.39 is 5.82 Å². The van der Waals surface area contributed by atoms with Crippen LogP contribution in [-0.4, -0.2) is 4.98 Å². The number of halogens is 2. The third-order valence-corrected chi connectivity index (χ3v) is 2.10. The summed E-state index contributed by atoms with van der Waals surface area (Å²) in [6.45, 7) is 0.152. The molecule has 0 unspecified atom stereocenters. The summed E-state index contributed by atoms with van der Waals surface area (Å²) in [5, 5.41) is 0. The summed E-state index contributed by atoms with van der Waals surface area (Å²) in [5.41, 5.74) is 0. The quantitative estimate of drug-likeness (QED) is 0.860. The van der Waals surface area contributed by atoms with Crippen molar-refractivity contribution in [1.29, 1.82) is 0 Å². The van der Waals surface area contributed by atoms with E-state index in [1.807, 2.05) is 0 Å². The molecule has 1 aromatic carbocycles. The van der Waals surface area contributed by atoms with Gasteiger partial charge in [-0.2, -0.15) is 0 Å². The van der Waals surface area contributed by atoms with Gasteiger partial charge < -0.3 is 9.15 Å². The van der Waals surface area contributed by atoms with Crippen LogP contribution in [0.2, 0.25) is 0 Å². The maximum absolute atomic E-state index is 13.1. The summed E-state index contributed by atoms with van der Waals surface area (Å²) in [6.07, 6.45) is 1.52. The zero-order chi connectivity index (χ0) is 10.7. The number of ether oxygens (including phenoxy) is 1. The summed E-state index contributed by atoms with van der Waals surface area (Å²) in [7, 11) is 0. The Morgan fingerprint density at radius 1 is 1.40 bits per heavy atom. The lowest BCUT2D eigenvalue weighted by atomic mass is 10.3. The summed E-state index contributed by atoms with van der Waals surface area (Å²) < 4.78 is 23.4. The lowest BCUT2D eigenvalue weighted by molar-refractivity contribution is 0.256. The minimum Gasteiger partial charge on any atom is -0.483 e. The Balaban J connectivity index is 2.02. The Morgan fingerprint density at radius 2 is 2.20 bits per heavy atom. The minimum absolute atomic E-state index is 0.152. The molecule has 0 saturated heterocycles. The van der Waals surface area contributed by atoms with Crippen molar-refractivity contribution in [2.45, 2.75) is 6.61 Å². The minimum atomic E-state index is -0.393. The van der Waals surface area contributed by atoms with Crippen LogP contribution in [0.15, 0.2) is 39.7 Å².